The number of phenolic OH excluding ortho intramolecular Hbond substituents is 1. The van der Waals surface area contributed by atoms with Crippen molar-refractivity contribution in [2.45, 2.75) is 50.4 Å². The summed E-state index contributed by atoms with van der Waals surface area (Å²) in [5.74, 6) is -1.82. The summed E-state index contributed by atoms with van der Waals surface area (Å²) in [5.41, 5.74) is 7.50. The lowest BCUT2D eigenvalue weighted by Crippen LogP contribution is -2.55. The highest BCUT2D eigenvalue weighted by Crippen LogP contribution is 2.12. The van der Waals surface area contributed by atoms with E-state index in [0.29, 0.717) is 12.2 Å². The molecule has 0 saturated heterocycles. The van der Waals surface area contributed by atoms with Crippen molar-refractivity contribution in [3.8, 4) is 5.75 Å². The summed E-state index contributed by atoms with van der Waals surface area (Å²) >= 11 is 0. The summed E-state index contributed by atoms with van der Waals surface area (Å²) in [4.78, 5) is 52.6. The number of likely N-dealkylation sites (N-methyl/N-ethyl adjacent to an activating group) is 1. The van der Waals surface area contributed by atoms with E-state index in [1.54, 1.807) is 12.1 Å². The number of carbonyl (C=O) groups is 4. The second kappa shape index (κ2) is 17.2. The van der Waals surface area contributed by atoms with Gasteiger partial charge in [0.2, 0.25) is 23.6 Å². The van der Waals surface area contributed by atoms with Crippen LogP contribution in [0.4, 0.5) is 0 Å². The Bertz CT molecular complexity index is 1210. The molecule has 2 rings (SSSR count). The molecule has 0 bridgehead atoms. The Morgan fingerprint density at radius 1 is 0.929 bits per heavy atom. The molecular weight excluding hydrogens is 562 g/mol. The molecule has 4 amide bonds. The van der Waals surface area contributed by atoms with Crippen LogP contribution in [0.3, 0.4) is 0 Å². The van der Waals surface area contributed by atoms with Gasteiger partial charge in [-0.1, -0.05) is 42.5 Å². The van der Waals surface area contributed by atoms with Crippen LogP contribution in [0.25, 0.3) is 0 Å². The lowest BCUT2D eigenvalue weighted by molar-refractivity contribution is -0.139. The molecule has 0 unspecified atom stereocenters. The van der Waals surface area contributed by atoms with Crippen molar-refractivity contribution in [2.75, 3.05) is 32.2 Å². The molecule has 2 aromatic rings. The number of aliphatic hydroxyl groups excluding tert-OH is 1. The summed E-state index contributed by atoms with van der Waals surface area (Å²) in [7, 11) is 0.351. The average molecular weight is 604 g/mol. The van der Waals surface area contributed by atoms with E-state index in [0.717, 1.165) is 11.1 Å². The maximum atomic E-state index is 13.2. The summed E-state index contributed by atoms with van der Waals surface area (Å²) in [6.45, 7) is 0.682. The molecule has 0 heterocycles. The number of aromatic hydroxyl groups is 1. The number of hydrogen-bond donors (Lipinski definition) is 6. The summed E-state index contributed by atoms with van der Waals surface area (Å²) in [5, 5.41) is 26.8. The molecule has 0 saturated carbocycles. The number of amides is 4. The zero-order valence-corrected chi connectivity index (χ0v) is 24.9. The number of hydrogen-bond acceptors (Lipinski definition) is 8. The Morgan fingerprint density at radius 3 is 2.14 bits per heavy atom. The van der Waals surface area contributed by atoms with Crippen molar-refractivity contribution in [1.29, 1.82) is 0 Å². The fourth-order valence-electron chi connectivity index (χ4n) is 4.04. The third-order valence-electron chi connectivity index (χ3n) is 6.65. The van der Waals surface area contributed by atoms with Crippen molar-refractivity contribution in [3.63, 3.8) is 0 Å². The molecule has 0 radical (unpaired) electrons. The standard InChI is InChI=1S/C29H41N5O7S/c1-19(32-28(39)24(30)15-21-9-11-23(36)12-10-21)27(38)31-17-26(37)34(2)25(16-20-7-5-4-6-8-20)29(40)33-22(18-35)13-14-42(3)41/h4-12,19,22,24-25,35-36H,13-18,30H2,1-3H3,(H,31,38)(H,32,39)(H,33,40)/t19-,22-,24+,25+,42-/m0/s1. The largest absolute Gasteiger partial charge is 0.508 e. The molecule has 0 aliphatic carbocycles. The summed E-state index contributed by atoms with van der Waals surface area (Å²) < 4.78 is 11.5. The molecule has 0 aliphatic heterocycles. The van der Waals surface area contributed by atoms with Gasteiger partial charge in [0.05, 0.1) is 25.2 Å². The Labute approximate surface area is 248 Å². The second-order valence-corrected chi connectivity index (χ2v) is 11.6. The van der Waals surface area contributed by atoms with Crippen molar-refractivity contribution in [1.82, 2.24) is 20.9 Å². The first-order chi connectivity index (χ1) is 19.9. The van der Waals surface area contributed by atoms with Crippen LogP contribution in [0, 0.1) is 0 Å². The van der Waals surface area contributed by atoms with E-state index >= 15 is 0 Å². The molecule has 0 aromatic heterocycles. The fourth-order valence-corrected chi connectivity index (χ4v) is 4.65. The van der Waals surface area contributed by atoms with Crippen LogP contribution in [0.5, 0.6) is 5.75 Å². The van der Waals surface area contributed by atoms with Crippen LogP contribution in [-0.2, 0) is 42.8 Å². The van der Waals surface area contributed by atoms with Crippen LogP contribution in [0.15, 0.2) is 54.6 Å². The van der Waals surface area contributed by atoms with Crippen molar-refractivity contribution < 1.29 is 33.6 Å². The third kappa shape index (κ3) is 11.6. The third-order valence-corrected chi connectivity index (χ3v) is 7.46. The van der Waals surface area contributed by atoms with Gasteiger partial charge >= 0.3 is 0 Å². The van der Waals surface area contributed by atoms with Crippen molar-refractivity contribution in [3.05, 3.63) is 65.7 Å². The van der Waals surface area contributed by atoms with E-state index in [1.165, 1.54) is 37.3 Å². The topological polar surface area (TPSA) is 191 Å². The van der Waals surface area contributed by atoms with Crippen molar-refractivity contribution in [2.24, 2.45) is 5.73 Å². The minimum Gasteiger partial charge on any atom is -0.508 e. The second-order valence-electron chi connectivity index (χ2n) is 10.1. The lowest BCUT2D eigenvalue weighted by atomic mass is 10.0. The molecule has 0 spiro atoms. The molecule has 230 valence electrons. The first kappa shape index (κ1) is 34.4. The zero-order valence-electron chi connectivity index (χ0n) is 24.1. The average Bonchev–Trinajstić information content (AvgIpc) is 2.97. The molecule has 7 N–H and O–H groups in total. The summed E-state index contributed by atoms with van der Waals surface area (Å²) in [6.07, 6.45) is 2.22. The number of nitrogens with zero attached hydrogens (tertiary/aromatic N) is 1. The Morgan fingerprint density at radius 2 is 1.55 bits per heavy atom. The zero-order chi connectivity index (χ0) is 31.2. The van der Waals surface area contributed by atoms with Crippen LogP contribution < -0.4 is 21.7 Å². The van der Waals surface area contributed by atoms with Gasteiger partial charge < -0.3 is 36.8 Å². The molecule has 0 aliphatic rings. The fraction of sp³-hybridized carbons (Fsp3) is 0.448. The number of carbonyl (C=O) groups excluding carboxylic acids is 4. The minimum absolute atomic E-state index is 0.0920. The number of benzene rings is 2. The van der Waals surface area contributed by atoms with Gasteiger partial charge in [-0.2, -0.15) is 0 Å². The Kier molecular flexibility index (Phi) is 14.1. The van der Waals surface area contributed by atoms with E-state index in [-0.39, 0.29) is 25.2 Å². The van der Waals surface area contributed by atoms with Gasteiger partial charge in [0.1, 0.15) is 17.8 Å². The highest BCUT2D eigenvalue weighted by Gasteiger charge is 2.29. The highest BCUT2D eigenvalue weighted by molar-refractivity contribution is 7.84. The lowest BCUT2D eigenvalue weighted by Gasteiger charge is -2.29. The Balaban J connectivity index is 1.98. The van der Waals surface area contributed by atoms with Crippen LogP contribution >= 0.6 is 0 Å². The molecule has 12 nitrogen and oxygen atoms in total. The van der Waals surface area contributed by atoms with Gasteiger partial charge in [-0.25, -0.2) is 0 Å². The smallest absolute Gasteiger partial charge is 0.243 e. The quantitative estimate of drug-likeness (QED) is 0.144. The van der Waals surface area contributed by atoms with Gasteiger partial charge in [0, 0.05) is 36.3 Å². The van der Waals surface area contributed by atoms with Gasteiger partial charge in [-0.3, -0.25) is 23.4 Å². The normalized spacial score (nSPS) is 14.5. The first-order valence-corrected chi connectivity index (χ1v) is 15.3. The van der Waals surface area contributed by atoms with Gasteiger partial charge in [0.25, 0.3) is 0 Å². The van der Waals surface area contributed by atoms with E-state index in [4.69, 9.17) is 5.73 Å². The maximum Gasteiger partial charge on any atom is 0.243 e. The van der Waals surface area contributed by atoms with Gasteiger partial charge in [0.15, 0.2) is 0 Å². The number of aliphatic hydroxyl groups is 1. The van der Waals surface area contributed by atoms with Crippen LogP contribution in [0.1, 0.15) is 24.5 Å². The predicted octanol–water partition coefficient (Wildman–Crippen LogP) is -0.802. The van der Waals surface area contributed by atoms with E-state index in [9.17, 15) is 33.6 Å². The van der Waals surface area contributed by atoms with Gasteiger partial charge in [-0.05, 0) is 43.0 Å². The monoisotopic (exact) mass is 603 g/mol. The van der Waals surface area contributed by atoms with Gasteiger partial charge in [-0.15, -0.1) is 0 Å². The summed E-state index contributed by atoms with van der Waals surface area (Å²) in [6, 6.07) is 11.8. The minimum atomic E-state index is -1.10. The molecule has 5 atom stereocenters. The van der Waals surface area contributed by atoms with Crippen LogP contribution in [-0.4, -0.2) is 99.3 Å². The maximum absolute atomic E-state index is 13.2. The number of phenols is 1. The number of rotatable bonds is 16. The highest BCUT2D eigenvalue weighted by atomic mass is 32.2. The van der Waals surface area contributed by atoms with E-state index in [1.807, 2.05) is 30.3 Å². The molecule has 42 heavy (non-hydrogen) atoms. The van der Waals surface area contributed by atoms with Crippen LogP contribution in [0.2, 0.25) is 0 Å². The van der Waals surface area contributed by atoms with Crippen molar-refractivity contribution >= 4 is 34.4 Å². The SMILES string of the molecule is C[C@H](NC(=O)[C@H](N)Cc1ccc(O)cc1)C(=O)NCC(=O)N(C)[C@H](Cc1ccccc1)C(=O)N[C@H](CO)CC[S@](C)=O. The predicted molar refractivity (Wildman–Crippen MR) is 160 cm³/mol. The molecule has 0 fully saturated rings. The molecule has 13 heteroatoms. The number of nitrogens with two attached hydrogens (primary N) is 1. The number of nitrogens with one attached hydrogen (secondary N) is 3. The Hall–Kier alpha value is -3.81. The van der Waals surface area contributed by atoms with E-state index in [2.05, 4.69) is 16.0 Å². The molecule has 2 aromatic carbocycles. The first-order valence-electron chi connectivity index (χ1n) is 13.5. The van der Waals surface area contributed by atoms with E-state index < -0.39 is 65.1 Å². The molecular formula is C29H41N5O7S.